The van der Waals surface area contributed by atoms with Crippen molar-refractivity contribution in [2.24, 2.45) is 5.84 Å². The van der Waals surface area contributed by atoms with Crippen LogP contribution in [0.1, 0.15) is 5.56 Å². The zero-order valence-electron chi connectivity index (χ0n) is 10.6. The molecule has 0 spiro atoms. The number of hydrazine groups is 1. The Bertz CT molecular complexity index is 771. The van der Waals surface area contributed by atoms with E-state index in [-0.39, 0.29) is 0 Å². The van der Waals surface area contributed by atoms with Gasteiger partial charge in [0, 0.05) is 10.2 Å². The summed E-state index contributed by atoms with van der Waals surface area (Å²) in [6, 6.07) is 8.05. The minimum Gasteiger partial charge on any atom is -0.339 e. The number of nitrogens with one attached hydrogen (secondary N) is 2. The summed E-state index contributed by atoms with van der Waals surface area (Å²) in [4.78, 5) is 9.60. The van der Waals surface area contributed by atoms with E-state index in [4.69, 9.17) is 5.84 Å². The molecule has 102 valence electrons. The van der Waals surface area contributed by atoms with Crippen LogP contribution in [0.2, 0.25) is 0 Å². The fourth-order valence-electron chi connectivity index (χ4n) is 1.91. The summed E-state index contributed by atoms with van der Waals surface area (Å²) in [7, 11) is 0. The van der Waals surface area contributed by atoms with E-state index >= 15 is 0 Å². The lowest BCUT2D eigenvalue weighted by Crippen LogP contribution is -2.11. The van der Waals surface area contributed by atoms with Crippen LogP contribution in [0, 0.1) is 6.92 Å². The van der Waals surface area contributed by atoms with E-state index < -0.39 is 0 Å². The van der Waals surface area contributed by atoms with E-state index in [0.29, 0.717) is 5.95 Å². The number of nitrogen functional groups attached to an aromatic ring is 1. The highest BCUT2D eigenvalue weighted by atomic mass is 79.9. The van der Waals surface area contributed by atoms with Gasteiger partial charge >= 0.3 is 0 Å². The van der Waals surface area contributed by atoms with Gasteiger partial charge in [-0.05, 0) is 42.1 Å². The molecule has 5 nitrogen and oxygen atoms in total. The number of anilines is 3. The van der Waals surface area contributed by atoms with E-state index in [1.165, 1.54) is 0 Å². The second-order valence-electron chi connectivity index (χ2n) is 4.26. The number of halogens is 1. The Balaban J connectivity index is 2.07. The zero-order chi connectivity index (χ0) is 14.1. The second-order valence-corrected chi connectivity index (χ2v) is 6.07. The second kappa shape index (κ2) is 5.35. The van der Waals surface area contributed by atoms with Crippen LogP contribution in [0.3, 0.4) is 0 Å². The summed E-state index contributed by atoms with van der Waals surface area (Å²) in [5.41, 5.74) is 4.63. The average molecular weight is 350 g/mol. The third-order valence-corrected chi connectivity index (χ3v) is 4.20. The molecule has 0 unspecified atom stereocenters. The molecule has 3 aromatic rings. The van der Waals surface area contributed by atoms with Crippen LogP contribution >= 0.6 is 27.3 Å². The van der Waals surface area contributed by atoms with Gasteiger partial charge in [-0.15, -0.1) is 11.3 Å². The summed E-state index contributed by atoms with van der Waals surface area (Å²) in [5.74, 6) is 6.56. The Hall–Kier alpha value is -1.70. The fourth-order valence-corrected chi connectivity index (χ4v) is 3.15. The molecular formula is C13H12BrN5S. The highest BCUT2D eigenvalue weighted by Gasteiger charge is 2.09. The number of aromatic nitrogens is 2. The van der Waals surface area contributed by atoms with Gasteiger partial charge in [0.1, 0.15) is 10.6 Å². The number of fused-ring (bicyclic) bond motifs is 1. The standard InChI is InChI=1S/C13H12BrN5S/c1-7-6-8(14)2-3-10(7)16-11-9-4-5-20-12(9)18-13(17-11)19-15/h2-6H,15H2,1H3,(H2,16,17,18,19). The van der Waals surface area contributed by atoms with Crippen LogP contribution in [0.25, 0.3) is 10.2 Å². The molecule has 0 saturated heterocycles. The summed E-state index contributed by atoms with van der Waals surface area (Å²) in [6.07, 6.45) is 0. The molecule has 0 aliphatic rings. The SMILES string of the molecule is Cc1cc(Br)ccc1Nc1nc(NN)nc2sccc12. The van der Waals surface area contributed by atoms with E-state index in [2.05, 4.69) is 42.7 Å². The summed E-state index contributed by atoms with van der Waals surface area (Å²) in [6.45, 7) is 2.04. The van der Waals surface area contributed by atoms with E-state index in [1.807, 2.05) is 30.5 Å². The Labute approximate surface area is 128 Å². The molecule has 0 radical (unpaired) electrons. The van der Waals surface area contributed by atoms with Gasteiger partial charge in [-0.3, -0.25) is 5.43 Å². The normalized spacial score (nSPS) is 10.8. The quantitative estimate of drug-likeness (QED) is 0.495. The molecule has 3 rings (SSSR count). The monoisotopic (exact) mass is 349 g/mol. The number of rotatable bonds is 3. The molecule has 0 aliphatic carbocycles. The molecule has 0 aliphatic heterocycles. The Morgan fingerprint density at radius 2 is 2.10 bits per heavy atom. The molecule has 20 heavy (non-hydrogen) atoms. The maximum Gasteiger partial charge on any atom is 0.240 e. The Morgan fingerprint density at radius 3 is 2.85 bits per heavy atom. The minimum atomic E-state index is 0.400. The molecule has 0 bridgehead atoms. The molecule has 4 N–H and O–H groups in total. The average Bonchev–Trinajstić information content (AvgIpc) is 2.90. The molecule has 0 atom stereocenters. The number of nitrogens with zero attached hydrogens (tertiary/aromatic N) is 2. The summed E-state index contributed by atoms with van der Waals surface area (Å²) >= 11 is 5.01. The number of hydrogen-bond donors (Lipinski definition) is 3. The van der Waals surface area contributed by atoms with Crippen LogP contribution in [0.4, 0.5) is 17.5 Å². The predicted molar refractivity (Wildman–Crippen MR) is 87.4 cm³/mol. The van der Waals surface area contributed by atoms with Crippen molar-refractivity contribution in [2.75, 3.05) is 10.7 Å². The van der Waals surface area contributed by atoms with Crippen LogP contribution in [0.15, 0.2) is 34.1 Å². The first-order chi connectivity index (χ1) is 9.67. The maximum atomic E-state index is 5.42. The molecule has 0 saturated carbocycles. The van der Waals surface area contributed by atoms with Gasteiger partial charge in [0.05, 0.1) is 5.39 Å². The lowest BCUT2D eigenvalue weighted by molar-refractivity contribution is 1.16. The number of thiophene rings is 1. The molecule has 0 amide bonds. The molecule has 2 heterocycles. The van der Waals surface area contributed by atoms with Crippen molar-refractivity contribution in [1.82, 2.24) is 9.97 Å². The zero-order valence-corrected chi connectivity index (χ0v) is 13.0. The Kier molecular flexibility index (Phi) is 3.56. The predicted octanol–water partition coefficient (Wildman–Crippen LogP) is 3.79. The third kappa shape index (κ3) is 2.47. The molecule has 1 aromatic carbocycles. The number of nitrogens with two attached hydrogens (primary N) is 1. The van der Waals surface area contributed by atoms with Crippen molar-refractivity contribution in [3.63, 3.8) is 0 Å². The first-order valence-corrected chi connectivity index (χ1v) is 7.59. The smallest absolute Gasteiger partial charge is 0.240 e. The third-order valence-electron chi connectivity index (χ3n) is 2.90. The van der Waals surface area contributed by atoms with Crippen LogP contribution in [-0.4, -0.2) is 9.97 Å². The van der Waals surface area contributed by atoms with Gasteiger partial charge in [0.15, 0.2) is 0 Å². The molecule has 2 aromatic heterocycles. The molecule has 0 fully saturated rings. The fraction of sp³-hybridized carbons (Fsp3) is 0.0769. The van der Waals surface area contributed by atoms with Crippen molar-refractivity contribution >= 4 is 54.9 Å². The minimum absolute atomic E-state index is 0.400. The van der Waals surface area contributed by atoms with Gasteiger partial charge in [-0.2, -0.15) is 4.98 Å². The van der Waals surface area contributed by atoms with Crippen LogP contribution in [-0.2, 0) is 0 Å². The van der Waals surface area contributed by atoms with Crippen molar-refractivity contribution in [3.05, 3.63) is 39.7 Å². The highest BCUT2D eigenvalue weighted by Crippen LogP contribution is 2.30. The van der Waals surface area contributed by atoms with Crippen molar-refractivity contribution in [1.29, 1.82) is 0 Å². The summed E-state index contributed by atoms with van der Waals surface area (Å²) < 4.78 is 1.05. The van der Waals surface area contributed by atoms with Crippen LogP contribution in [0.5, 0.6) is 0 Å². The number of hydrogen-bond acceptors (Lipinski definition) is 6. The lowest BCUT2D eigenvalue weighted by Gasteiger charge is -2.11. The van der Waals surface area contributed by atoms with Gasteiger partial charge in [-0.25, -0.2) is 10.8 Å². The van der Waals surface area contributed by atoms with Crippen molar-refractivity contribution in [2.45, 2.75) is 6.92 Å². The largest absolute Gasteiger partial charge is 0.339 e. The van der Waals surface area contributed by atoms with Gasteiger partial charge in [0.2, 0.25) is 5.95 Å². The summed E-state index contributed by atoms with van der Waals surface area (Å²) in [5, 5.41) is 6.31. The molecular weight excluding hydrogens is 338 g/mol. The first kappa shape index (κ1) is 13.3. The number of aryl methyl sites for hydroxylation is 1. The lowest BCUT2D eigenvalue weighted by atomic mass is 10.2. The first-order valence-electron chi connectivity index (χ1n) is 5.92. The van der Waals surface area contributed by atoms with Gasteiger partial charge in [0.25, 0.3) is 0 Å². The topological polar surface area (TPSA) is 75.9 Å². The highest BCUT2D eigenvalue weighted by molar-refractivity contribution is 9.10. The molecule has 7 heteroatoms. The number of benzene rings is 1. The van der Waals surface area contributed by atoms with Crippen LogP contribution < -0.4 is 16.6 Å². The van der Waals surface area contributed by atoms with Gasteiger partial charge < -0.3 is 5.32 Å². The van der Waals surface area contributed by atoms with Crippen molar-refractivity contribution in [3.8, 4) is 0 Å². The van der Waals surface area contributed by atoms with E-state index in [0.717, 1.165) is 31.8 Å². The Morgan fingerprint density at radius 1 is 1.25 bits per heavy atom. The maximum absolute atomic E-state index is 5.42. The van der Waals surface area contributed by atoms with Gasteiger partial charge in [-0.1, -0.05) is 15.9 Å². The van der Waals surface area contributed by atoms with E-state index in [1.54, 1.807) is 11.3 Å². The van der Waals surface area contributed by atoms with E-state index in [9.17, 15) is 0 Å². The van der Waals surface area contributed by atoms with Crippen molar-refractivity contribution < 1.29 is 0 Å².